The zero-order valence-corrected chi connectivity index (χ0v) is 23.8. The van der Waals surface area contributed by atoms with Crippen LogP contribution in [0.3, 0.4) is 0 Å². The van der Waals surface area contributed by atoms with Crippen molar-refractivity contribution < 1.29 is 23.1 Å². The Kier molecular flexibility index (Phi) is 10.3. The van der Waals surface area contributed by atoms with Gasteiger partial charge in [-0.2, -0.15) is 0 Å². The number of aromatic carboxylic acids is 1. The van der Waals surface area contributed by atoms with Crippen LogP contribution in [0.2, 0.25) is 0 Å². The van der Waals surface area contributed by atoms with E-state index in [2.05, 4.69) is 16.6 Å². The maximum absolute atomic E-state index is 12.9. The van der Waals surface area contributed by atoms with E-state index in [9.17, 15) is 13.2 Å². The molecule has 6 nitrogen and oxygen atoms in total. The molecule has 39 heavy (non-hydrogen) atoms. The van der Waals surface area contributed by atoms with Gasteiger partial charge in [-0.25, -0.2) is 13.2 Å². The zero-order chi connectivity index (χ0) is 27.7. The third-order valence-electron chi connectivity index (χ3n) is 8.35. The second-order valence-corrected chi connectivity index (χ2v) is 12.7. The first-order valence-corrected chi connectivity index (χ1v) is 15.9. The Morgan fingerprint density at radius 3 is 2.03 bits per heavy atom. The molecule has 0 aliphatic heterocycles. The number of carboxylic acids is 1. The second-order valence-electron chi connectivity index (χ2n) is 11.0. The Balaban J connectivity index is 1.34. The number of hydrogen-bond acceptors (Lipinski definition) is 4. The van der Waals surface area contributed by atoms with E-state index >= 15 is 0 Å². The normalized spacial score (nSPS) is 21.3. The lowest BCUT2D eigenvalue weighted by molar-refractivity contribution is 0.0696. The topological polar surface area (TPSA) is 92.7 Å². The Bertz CT molecular complexity index is 1260. The van der Waals surface area contributed by atoms with Crippen LogP contribution in [0.1, 0.15) is 99.4 Å². The van der Waals surface area contributed by atoms with Gasteiger partial charge in [0, 0.05) is 11.5 Å². The van der Waals surface area contributed by atoms with Gasteiger partial charge in [-0.15, -0.1) is 0 Å². The van der Waals surface area contributed by atoms with E-state index in [-0.39, 0.29) is 21.9 Å². The lowest BCUT2D eigenvalue weighted by atomic mass is 9.75. The fraction of sp³-hybridized carbons (Fsp3) is 0.531. The summed E-state index contributed by atoms with van der Waals surface area (Å²) in [5, 5.41) is 9.16. The first kappa shape index (κ1) is 29.0. The minimum Gasteiger partial charge on any atom is -0.495 e. The summed E-state index contributed by atoms with van der Waals surface area (Å²) in [5.41, 5.74) is 0.982. The van der Waals surface area contributed by atoms with Crippen LogP contribution in [0.5, 0.6) is 5.75 Å². The van der Waals surface area contributed by atoms with Crippen molar-refractivity contribution in [3.63, 3.8) is 0 Å². The van der Waals surface area contributed by atoms with Crippen molar-refractivity contribution in [2.24, 2.45) is 17.8 Å². The predicted octanol–water partition coefficient (Wildman–Crippen LogP) is 7.49. The maximum Gasteiger partial charge on any atom is 0.335 e. The van der Waals surface area contributed by atoms with E-state index in [1.807, 2.05) is 0 Å². The number of nitrogens with one attached hydrogen (secondary N) is 1. The molecule has 0 atom stereocenters. The van der Waals surface area contributed by atoms with Gasteiger partial charge in [-0.3, -0.25) is 4.72 Å². The van der Waals surface area contributed by atoms with Crippen molar-refractivity contribution in [2.45, 2.75) is 88.4 Å². The Morgan fingerprint density at radius 2 is 1.44 bits per heavy atom. The largest absolute Gasteiger partial charge is 0.495 e. The van der Waals surface area contributed by atoms with Gasteiger partial charge in [0.15, 0.2) is 0 Å². The molecule has 0 amide bonds. The first-order chi connectivity index (χ1) is 18.9. The van der Waals surface area contributed by atoms with Crippen molar-refractivity contribution in [3.05, 3.63) is 53.6 Å². The molecule has 0 aromatic heterocycles. The Morgan fingerprint density at radius 1 is 0.846 bits per heavy atom. The van der Waals surface area contributed by atoms with E-state index in [0.717, 1.165) is 30.2 Å². The summed E-state index contributed by atoms with van der Waals surface area (Å²) < 4.78 is 33.5. The van der Waals surface area contributed by atoms with Crippen molar-refractivity contribution in [3.8, 4) is 17.6 Å². The molecule has 0 spiro atoms. The summed E-state index contributed by atoms with van der Waals surface area (Å²) in [6, 6.07) is 10.6. The number of sulfonamides is 1. The molecule has 4 rings (SSSR count). The summed E-state index contributed by atoms with van der Waals surface area (Å²) in [6.45, 7) is 0. The van der Waals surface area contributed by atoms with E-state index in [0.29, 0.717) is 5.92 Å². The number of hydrogen-bond donors (Lipinski definition) is 2. The first-order valence-electron chi connectivity index (χ1n) is 14.4. The van der Waals surface area contributed by atoms with Crippen molar-refractivity contribution >= 4 is 21.7 Å². The van der Waals surface area contributed by atoms with Crippen LogP contribution in [0.15, 0.2) is 47.4 Å². The van der Waals surface area contributed by atoms with Crippen molar-refractivity contribution in [1.29, 1.82) is 0 Å². The molecule has 210 valence electrons. The molecular weight excluding hydrogens is 510 g/mol. The molecule has 2 fully saturated rings. The van der Waals surface area contributed by atoms with Gasteiger partial charge in [0.2, 0.25) is 0 Å². The van der Waals surface area contributed by atoms with Crippen LogP contribution in [0, 0.1) is 29.6 Å². The van der Waals surface area contributed by atoms with E-state index in [1.165, 1.54) is 95.9 Å². The monoisotopic (exact) mass is 551 g/mol. The number of anilines is 1. The number of ether oxygens (including phenoxy) is 1. The molecule has 2 aliphatic carbocycles. The molecular formula is C32H41NO5S. The van der Waals surface area contributed by atoms with Gasteiger partial charge < -0.3 is 9.84 Å². The third-order valence-corrected chi connectivity index (χ3v) is 9.73. The van der Waals surface area contributed by atoms with Crippen molar-refractivity contribution in [1.82, 2.24) is 0 Å². The molecule has 2 aromatic rings. The van der Waals surface area contributed by atoms with Crippen LogP contribution in [-0.2, 0) is 10.0 Å². The average molecular weight is 552 g/mol. The number of methoxy groups -OCH3 is 1. The molecule has 7 heteroatoms. The van der Waals surface area contributed by atoms with Gasteiger partial charge in [-0.05, 0) is 67.1 Å². The zero-order valence-electron chi connectivity index (χ0n) is 23.0. The SMILES string of the molecule is COc1cc(C(=O)O)ccc1NS(=O)(=O)c1ccc(C#CC2CCCC(C3CCCCCCC3)CCC2)cc1. The van der Waals surface area contributed by atoms with Gasteiger partial charge in [0.1, 0.15) is 5.75 Å². The van der Waals surface area contributed by atoms with Gasteiger partial charge in [-0.1, -0.05) is 82.5 Å². The highest BCUT2D eigenvalue weighted by molar-refractivity contribution is 7.92. The summed E-state index contributed by atoms with van der Waals surface area (Å²) in [4.78, 5) is 11.3. The lowest BCUT2D eigenvalue weighted by Crippen LogP contribution is -2.19. The highest BCUT2D eigenvalue weighted by atomic mass is 32.2. The molecule has 0 bridgehead atoms. The quantitative estimate of drug-likeness (QED) is 0.363. The molecule has 0 heterocycles. The van der Waals surface area contributed by atoms with Crippen LogP contribution in [0.25, 0.3) is 0 Å². The summed E-state index contributed by atoms with van der Waals surface area (Å²) in [7, 11) is -2.52. The van der Waals surface area contributed by atoms with Gasteiger partial charge in [0.25, 0.3) is 10.0 Å². The number of benzene rings is 2. The minimum atomic E-state index is -3.88. The maximum atomic E-state index is 12.9. The smallest absolute Gasteiger partial charge is 0.335 e. The molecule has 0 saturated heterocycles. The van der Waals surface area contributed by atoms with Crippen molar-refractivity contribution in [2.75, 3.05) is 11.8 Å². The molecule has 2 aliphatic rings. The Hall–Kier alpha value is -2.98. The fourth-order valence-electron chi connectivity index (χ4n) is 6.13. The van der Waals surface area contributed by atoms with Crippen LogP contribution >= 0.6 is 0 Å². The van der Waals surface area contributed by atoms with Crippen LogP contribution in [0.4, 0.5) is 5.69 Å². The van der Waals surface area contributed by atoms with Gasteiger partial charge in [0.05, 0.1) is 23.3 Å². The van der Waals surface area contributed by atoms with Gasteiger partial charge >= 0.3 is 5.97 Å². The average Bonchev–Trinajstić information content (AvgIpc) is 2.88. The van der Waals surface area contributed by atoms with Crippen LogP contribution < -0.4 is 9.46 Å². The highest BCUT2D eigenvalue weighted by Crippen LogP contribution is 2.37. The third kappa shape index (κ3) is 8.25. The highest BCUT2D eigenvalue weighted by Gasteiger charge is 2.24. The standard InChI is InChI=1S/C32H41NO5S/c1-38-31-23-28(32(34)35)19-22-30(31)33-39(36,37)29-20-17-25(18-21-29)16-15-24-9-7-13-27(14-8-10-24)26-11-5-3-2-4-6-12-26/h17-24,26-27,33H,2-14H2,1H3,(H,34,35). The summed E-state index contributed by atoms with van der Waals surface area (Å²) in [5.74, 6) is 7.99. The minimum absolute atomic E-state index is 0.0110. The second kappa shape index (κ2) is 13.9. The molecule has 2 N–H and O–H groups in total. The molecule has 2 aromatic carbocycles. The summed E-state index contributed by atoms with van der Waals surface area (Å²) >= 11 is 0. The number of carboxylic acid groups (broad SMARTS) is 1. The van der Waals surface area contributed by atoms with E-state index in [4.69, 9.17) is 9.84 Å². The molecule has 2 saturated carbocycles. The fourth-order valence-corrected chi connectivity index (χ4v) is 7.20. The lowest BCUT2D eigenvalue weighted by Gasteiger charge is -2.31. The predicted molar refractivity (Wildman–Crippen MR) is 155 cm³/mol. The molecule has 0 unspecified atom stereocenters. The van der Waals surface area contributed by atoms with E-state index < -0.39 is 16.0 Å². The summed E-state index contributed by atoms with van der Waals surface area (Å²) in [6.07, 6.45) is 17.4. The molecule has 0 radical (unpaired) electrons. The van der Waals surface area contributed by atoms with Crippen LogP contribution in [-0.4, -0.2) is 26.6 Å². The number of carbonyl (C=O) groups is 1. The van der Waals surface area contributed by atoms with E-state index in [1.54, 1.807) is 24.3 Å². The Labute approximate surface area is 233 Å². The number of rotatable bonds is 6.